The number of rotatable bonds is 3. The predicted molar refractivity (Wildman–Crippen MR) is 58.0 cm³/mol. The Morgan fingerprint density at radius 1 is 1.47 bits per heavy atom. The highest BCUT2D eigenvalue weighted by atomic mass is 16.4. The van der Waals surface area contributed by atoms with E-state index < -0.39 is 23.8 Å². The zero-order chi connectivity index (χ0) is 12.6. The van der Waals surface area contributed by atoms with Crippen molar-refractivity contribution in [2.45, 2.75) is 25.8 Å². The van der Waals surface area contributed by atoms with E-state index in [4.69, 9.17) is 5.11 Å². The molecule has 1 heterocycles. The SMILES string of the molecule is CC[C@@H]1C(=O)NCCN1C(=O)[C@H]1C[C@@H]1C(=O)O. The summed E-state index contributed by atoms with van der Waals surface area (Å²) in [6.07, 6.45) is 0.963. The number of nitrogens with zero attached hydrogens (tertiary/aromatic N) is 1. The monoisotopic (exact) mass is 240 g/mol. The third-order valence-electron chi connectivity index (χ3n) is 3.43. The van der Waals surface area contributed by atoms with Gasteiger partial charge in [0.25, 0.3) is 0 Å². The Morgan fingerprint density at radius 2 is 2.18 bits per heavy atom. The van der Waals surface area contributed by atoms with Crippen molar-refractivity contribution < 1.29 is 19.5 Å². The van der Waals surface area contributed by atoms with Crippen LogP contribution in [0.4, 0.5) is 0 Å². The van der Waals surface area contributed by atoms with Crippen LogP contribution in [0.2, 0.25) is 0 Å². The quantitative estimate of drug-likeness (QED) is 0.692. The Bertz CT molecular complexity index is 368. The molecule has 2 aliphatic rings. The molecule has 3 atom stereocenters. The number of piperazine rings is 1. The summed E-state index contributed by atoms with van der Waals surface area (Å²) >= 11 is 0. The fourth-order valence-electron chi connectivity index (χ4n) is 2.34. The minimum atomic E-state index is -0.919. The van der Waals surface area contributed by atoms with Gasteiger partial charge in [-0.2, -0.15) is 0 Å². The van der Waals surface area contributed by atoms with Crippen LogP contribution in [0.1, 0.15) is 19.8 Å². The van der Waals surface area contributed by atoms with Crippen molar-refractivity contribution in [2.24, 2.45) is 11.8 Å². The van der Waals surface area contributed by atoms with Crippen LogP contribution in [0.3, 0.4) is 0 Å². The van der Waals surface area contributed by atoms with E-state index in [2.05, 4.69) is 5.32 Å². The fourth-order valence-corrected chi connectivity index (χ4v) is 2.34. The predicted octanol–water partition coefficient (Wildman–Crippen LogP) is -0.556. The van der Waals surface area contributed by atoms with Crippen molar-refractivity contribution >= 4 is 17.8 Å². The smallest absolute Gasteiger partial charge is 0.307 e. The van der Waals surface area contributed by atoms with Crippen LogP contribution in [0.15, 0.2) is 0 Å². The number of carboxylic acids is 1. The van der Waals surface area contributed by atoms with Crippen molar-refractivity contribution in [2.75, 3.05) is 13.1 Å². The molecule has 2 amide bonds. The van der Waals surface area contributed by atoms with Crippen LogP contribution in [-0.4, -0.2) is 46.9 Å². The summed E-state index contributed by atoms with van der Waals surface area (Å²) < 4.78 is 0. The van der Waals surface area contributed by atoms with E-state index in [0.29, 0.717) is 25.9 Å². The van der Waals surface area contributed by atoms with Gasteiger partial charge in [-0.25, -0.2) is 0 Å². The zero-order valence-corrected chi connectivity index (χ0v) is 9.68. The lowest BCUT2D eigenvalue weighted by atomic mass is 10.1. The molecule has 6 heteroatoms. The van der Waals surface area contributed by atoms with E-state index in [1.807, 2.05) is 6.92 Å². The lowest BCUT2D eigenvalue weighted by Gasteiger charge is -2.34. The molecule has 0 unspecified atom stereocenters. The fraction of sp³-hybridized carbons (Fsp3) is 0.727. The molecule has 0 radical (unpaired) electrons. The molecule has 0 aromatic rings. The number of carboxylic acid groups (broad SMARTS) is 1. The first-order valence-electron chi connectivity index (χ1n) is 5.87. The molecule has 0 aromatic carbocycles. The average molecular weight is 240 g/mol. The molecule has 1 aliphatic carbocycles. The number of nitrogens with one attached hydrogen (secondary N) is 1. The largest absolute Gasteiger partial charge is 0.481 e. The molecule has 2 fully saturated rings. The van der Waals surface area contributed by atoms with Gasteiger partial charge in [0.15, 0.2) is 0 Å². The van der Waals surface area contributed by atoms with E-state index >= 15 is 0 Å². The van der Waals surface area contributed by atoms with Crippen molar-refractivity contribution in [3.8, 4) is 0 Å². The standard InChI is InChI=1S/C11H16N2O4/c1-2-8-9(14)12-3-4-13(8)10(15)6-5-7(6)11(16)17/h6-8H,2-5H2,1H3,(H,12,14)(H,16,17)/t6-,7-,8+/m0/s1. The van der Waals surface area contributed by atoms with Gasteiger partial charge < -0.3 is 15.3 Å². The highest BCUT2D eigenvalue weighted by molar-refractivity contribution is 5.93. The van der Waals surface area contributed by atoms with Crippen LogP contribution >= 0.6 is 0 Å². The van der Waals surface area contributed by atoms with Crippen molar-refractivity contribution in [1.82, 2.24) is 10.2 Å². The second-order valence-corrected chi connectivity index (χ2v) is 4.53. The minimum Gasteiger partial charge on any atom is -0.481 e. The van der Waals surface area contributed by atoms with Crippen LogP contribution in [0, 0.1) is 11.8 Å². The van der Waals surface area contributed by atoms with Crippen LogP contribution in [0.5, 0.6) is 0 Å². The van der Waals surface area contributed by atoms with Gasteiger partial charge in [0, 0.05) is 13.1 Å². The molecule has 2 N–H and O–H groups in total. The molecule has 6 nitrogen and oxygen atoms in total. The van der Waals surface area contributed by atoms with E-state index in [1.54, 1.807) is 0 Å². The lowest BCUT2D eigenvalue weighted by Crippen LogP contribution is -2.57. The molecular weight excluding hydrogens is 224 g/mol. The molecule has 2 rings (SSSR count). The van der Waals surface area contributed by atoms with E-state index in [9.17, 15) is 14.4 Å². The molecule has 94 valence electrons. The Labute approximate surface area is 99.0 Å². The third kappa shape index (κ3) is 2.11. The van der Waals surface area contributed by atoms with Crippen molar-refractivity contribution in [1.29, 1.82) is 0 Å². The highest BCUT2D eigenvalue weighted by Crippen LogP contribution is 2.40. The number of hydrogen-bond acceptors (Lipinski definition) is 3. The van der Waals surface area contributed by atoms with Crippen molar-refractivity contribution in [3.63, 3.8) is 0 Å². The normalized spacial score (nSPS) is 31.9. The maximum Gasteiger partial charge on any atom is 0.307 e. The molecular formula is C11H16N2O4. The van der Waals surface area contributed by atoms with Gasteiger partial charge in [0.2, 0.25) is 11.8 Å². The first-order chi connectivity index (χ1) is 8.06. The molecule has 0 bridgehead atoms. The summed E-state index contributed by atoms with van der Waals surface area (Å²) in [6.45, 7) is 2.77. The van der Waals surface area contributed by atoms with E-state index in [-0.39, 0.29) is 11.8 Å². The molecule has 0 aromatic heterocycles. The first kappa shape index (κ1) is 11.9. The molecule has 1 saturated carbocycles. The molecule has 0 spiro atoms. The third-order valence-corrected chi connectivity index (χ3v) is 3.43. The topological polar surface area (TPSA) is 86.7 Å². The number of aliphatic carboxylic acids is 1. The first-order valence-corrected chi connectivity index (χ1v) is 5.87. The van der Waals surface area contributed by atoms with E-state index in [0.717, 1.165) is 0 Å². The van der Waals surface area contributed by atoms with Gasteiger partial charge in [0.05, 0.1) is 11.8 Å². The highest BCUT2D eigenvalue weighted by Gasteiger charge is 2.51. The number of carbonyl (C=O) groups excluding carboxylic acids is 2. The Balaban J connectivity index is 2.03. The van der Waals surface area contributed by atoms with Gasteiger partial charge in [0.1, 0.15) is 6.04 Å². The zero-order valence-electron chi connectivity index (χ0n) is 9.68. The molecule has 1 aliphatic heterocycles. The van der Waals surface area contributed by atoms with E-state index in [1.165, 1.54) is 4.90 Å². The lowest BCUT2D eigenvalue weighted by molar-refractivity contribution is -0.146. The number of amides is 2. The minimum absolute atomic E-state index is 0.139. The number of hydrogen-bond donors (Lipinski definition) is 2. The summed E-state index contributed by atoms with van der Waals surface area (Å²) in [5.74, 6) is -2.21. The van der Waals surface area contributed by atoms with Crippen LogP contribution in [-0.2, 0) is 14.4 Å². The van der Waals surface area contributed by atoms with Crippen molar-refractivity contribution in [3.05, 3.63) is 0 Å². The Kier molecular flexibility index (Phi) is 3.04. The molecule has 17 heavy (non-hydrogen) atoms. The van der Waals surface area contributed by atoms with Gasteiger partial charge in [-0.1, -0.05) is 6.92 Å². The Morgan fingerprint density at radius 3 is 2.71 bits per heavy atom. The second-order valence-electron chi connectivity index (χ2n) is 4.53. The van der Waals surface area contributed by atoms with Gasteiger partial charge in [-0.3, -0.25) is 14.4 Å². The van der Waals surface area contributed by atoms with Crippen LogP contribution in [0.25, 0.3) is 0 Å². The van der Waals surface area contributed by atoms with Gasteiger partial charge in [-0.15, -0.1) is 0 Å². The van der Waals surface area contributed by atoms with Gasteiger partial charge in [-0.05, 0) is 12.8 Å². The summed E-state index contributed by atoms with van der Waals surface area (Å²) in [5.41, 5.74) is 0. The maximum absolute atomic E-state index is 12.1. The summed E-state index contributed by atoms with van der Waals surface area (Å²) in [5, 5.41) is 11.5. The van der Waals surface area contributed by atoms with Gasteiger partial charge >= 0.3 is 5.97 Å². The number of carbonyl (C=O) groups is 3. The van der Waals surface area contributed by atoms with Crippen LogP contribution < -0.4 is 5.32 Å². The summed E-state index contributed by atoms with van der Waals surface area (Å²) in [6, 6.07) is -0.439. The summed E-state index contributed by atoms with van der Waals surface area (Å²) in [7, 11) is 0. The maximum atomic E-state index is 12.1. The average Bonchev–Trinajstić information content (AvgIpc) is 3.07. The second kappa shape index (κ2) is 4.35. The Hall–Kier alpha value is -1.59. The summed E-state index contributed by atoms with van der Waals surface area (Å²) in [4.78, 5) is 35.9. The molecule has 1 saturated heterocycles.